The Balaban J connectivity index is 1.63. The summed E-state index contributed by atoms with van der Waals surface area (Å²) in [6.07, 6.45) is 0. The molecule has 1 N–H and O–H groups in total. The van der Waals surface area contributed by atoms with Gasteiger partial charge in [0.25, 0.3) is 10.0 Å². The van der Waals surface area contributed by atoms with Crippen molar-refractivity contribution in [2.24, 2.45) is 0 Å². The van der Waals surface area contributed by atoms with Crippen LogP contribution in [-0.2, 0) is 19.6 Å². The van der Waals surface area contributed by atoms with Crippen LogP contribution in [0.4, 0.5) is 11.4 Å². The molecule has 1 heterocycles. The molecule has 0 bridgehead atoms. The SMILES string of the molecule is CCOC(=O)c1cccc(NC(=O)CN(c2ccc3c(c2)OCCO3)S(=O)(=O)c2ccccc2)c1. The van der Waals surface area contributed by atoms with Crippen molar-refractivity contribution in [1.82, 2.24) is 0 Å². The molecule has 35 heavy (non-hydrogen) atoms. The largest absolute Gasteiger partial charge is 0.486 e. The number of carbonyl (C=O) groups excluding carboxylic acids is 2. The molecule has 182 valence electrons. The second kappa shape index (κ2) is 10.5. The van der Waals surface area contributed by atoms with Crippen LogP contribution in [-0.4, -0.2) is 46.7 Å². The molecule has 0 aromatic heterocycles. The lowest BCUT2D eigenvalue weighted by Gasteiger charge is -2.26. The number of ether oxygens (including phenoxy) is 3. The number of benzene rings is 3. The molecule has 4 rings (SSSR count). The molecule has 0 spiro atoms. The van der Waals surface area contributed by atoms with Gasteiger partial charge in [0.05, 0.1) is 22.8 Å². The number of hydrogen-bond acceptors (Lipinski definition) is 7. The molecular formula is C25H24N2O7S. The van der Waals surface area contributed by atoms with Crippen LogP contribution in [0.2, 0.25) is 0 Å². The number of fused-ring (bicyclic) bond motifs is 1. The molecule has 0 unspecified atom stereocenters. The monoisotopic (exact) mass is 496 g/mol. The van der Waals surface area contributed by atoms with E-state index in [4.69, 9.17) is 14.2 Å². The van der Waals surface area contributed by atoms with Crippen LogP contribution in [0, 0.1) is 0 Å². The highest BCUT2D eigenvalue weighted by atomic mass is 32.2. The lowest BCUT2D eigenvalue weighted by molar-refractivity contribution is -0.114. The van der Waals surface area contributed by atoms with Gasteiger partial charge in [0.1, 0.15) is 19.8 Å². The van der Waals surface area contributed by atoms with Crippen molar-refractivity contribution in [2.75, 3.05) is 36.0 Å². The second-order valence-corrected chi connectivity index (χ2v) is 9.36. The summed E-state index contributed by atoms with van der Waals surface area (Å²) in [4.78, 5) is 25.0. The zero-order valence-electron chi connectivity index (χ0n) is 19.0. The summed E-state index contributed by atoms with van der Waals surface area (Å²) in [5.74, 6) is -0.226. The fourth-order valence-electron chi connectivity index (χ4n) is 3.49. The third kappa shape index (κ3) is 5.55. The molecule has 3 aromatic carbocycles. The number of anilines is 2. The third-order valence-corrected chi connectivity index (χ3v) is 6.88. The van der Waals surface area contributed by atoms with E-state index in [-0.39, 0.29) is 22.8 Å². The van der Waals surface area contributed by atoms with Crippen molar-refractivity contribution in [3.8, 4) is 11.5 Å². The van der Waals surface area contributed by atoms with Crippen LogP contribution < -0.4 is 19.1 Å². The number of sulfonamides is 1. The molecule has 0 aliphatic carbocycles. The fraction of sp³-hybridized carbons (Fsp3) is 0.200. The van der Waals surface area contributed by atoms with Gasteiger partial charge in [-0.25, -0.2) is 13.2 Å². The maximum atomic E-state index is 13.5. The van der Waals surface area contributed by atoms with Crippen molar-refractivity contribution >= 4 is 33.3 Å². The van der Waals surface area contributed by atoms with E-state index < -0.39 is 28.4 Å². The van der Waals surface area contributed by atoms with E-state index in [2.05, 4.69) is 5.32 Å². The third-order valence-electron chi connectivity index (χ3n) is 5.09. The van der Waals surface area contributed by atoms with Gasteiger partial charge in [0, 0.05) is 11.8 Å². The first-order chi connectivity index (χ1) is 16.9. The number of nitrogens with one attached hydrogen (secondary N) is 1. The average Bonchev–Trinajstić information content (AvgIpc) is 2.88. The highest BCUT2D eigenvalue weighted by Crippen LogP contribution is 2.35. The van der Waals surface area contributed by atoms with Crippen LogP contribution in [0.3, 0.4) is 0 Å². The molecule has 0 saturated heterocycles. The highest BCUT2D eigenvalue weighted by molar-refractivity contribution is 7.92. The van der Waals surface area contributed by atoms with Crippen molar-refractivity contribution in [2.45, 2.75) is 11.8 Å². The van der Waals surface area contributed by atoms with Gasteiger partial charge >= 0.3 is 5.97 Å². The minimum absolute atomic E-state index is 0.0343. The quantitative estimate of drug-likeness (QED) is 0.476. The average molecular weight is 497 g/mol. The number of hydrogen-bond donors (Lipinski definition) is 1. The minimum Gasteiger partial charge on any atom is -0.486 e. The molecule has 10 heteroatoms. The fourth-order valence-corrected chi connectivity index (χ4v) is 4.93. The zero-order valence-corrected chi connectivity index (χ0v) is 19.8. The Labute approximate surface area is 203 Å². The maximum absolute atomic E-state index is 13.5. The second-order valence-electron chi connectivity index (χ2n) is 7.50. The highest BCUT2D eigenvalue weighted by Gasteiger charge is 2.28. The molecule has 0 radical (unpaired) electrons. The Kier molecular flexibility index (Phi) is 7.21. The summed E-state index contributed by atoms with van der Waals surface area (Å²) >= 11 is 0. The first kappa shape index (κ1) is 24.1. The van der Waals surface area contributed by atoms with Gasteiger partial charge in [-0.15, -0.1) is 0 Å². The van der Waals surface area contributed by atoms with Gasteiger partial charge in [-0.05, 0) is 49.4 Å². The predicted octanol–water partition coefficient (Wildman–Crippen LogP) is 3.47. The summed E-state index contributed by atoms with van der Waals surface area (Å²) < 4.78 is 44.2. The first-order valence-electron chi connectivity index (χ1n) is 10.9. The van der Waals surface area contributed by atoms with Crippen LogP contribution in [0.15, 0.2) is 77.7 Å². The van der Waals surface area contributed by atoms with E-state index in [0.717, 1.165) is 4.31 Å². The van der Waals surface area contributed by atoms with Gasteiger partial charge in [0.2, 0.25) is 5.91 Å². The molecule has 0 atom stereocenters. The van der Waals surface area contributed by atoms with E-state index in [1.807, 2.05) is 0 Å². The molecule has 1 amide bonds. The number of nitrogens with zero attached hydrogens (tertiary/aromatic N) is 1. The molecule has 3 aromatic rings. The van der Waals surface area contributed by atoms with E-state index in [1.165, 1.54) is 24.3 Å². The topological polar surface area (TPSA) is 111 Å². The molecule has 1 aliphatic heterocycles. The van der Waals surface area contributed by atoms with E-state index >= 15 is 0 Å². The molecule has 0 fully saturated rings. The Morgan fingerprint density at radius 3 is 2.43 bits per heavy atom. The van der Waals surface area contributed by atoms with Crippen LogP contribution in [0.1, 0.15) is 17.3 Å². The normalized spacial score (nSPS) is 12.5. The predicted molar refractivity (Wildman–Crippen MR) is 129 cm³/mol. The summed E-state index contributed by atoms with van der Waals surface area (Å²) in [6.45, 7) is 2.13. The van der Waals surface area contributed by atoms with Crippen LogP contribution in [0.25, 0.3) is 0 Å². The van der Waals surface area contributed by atoms with Crippen LogP contribution in [0.5, 0.6) is 11.5 Å². The summed E-state index contributed by atoms with van der Waals surface area (Å²) in [6, 6.07) is 18.8. The van der Waals surface area contributed by atoms with E-state index in [0.29, 0.717) is 30.4 Å². The zero-order chi connectivity index (χ0) is 24.8. The van der Waals surface area contributed by atoms with E-state index in [1.54, 1.807) is 55.5 Å². The van der Waals surface area contributed by atoms with Gasteiger partial charge in [-0.1, -0.05) is 24.3 Å². The van der Waals surface area contributed by atoms with Crippen molar-refractivity contribution in [3.63, 3.8) is 0 Å². The van der Waals surface area contributed by atoms with Crippen LogP contribution >= 0.6 is 0 Å². The smallest absolute Gasteiger partial charge is 0.338 e. The summed E-state index contributed by atoms with van der Waals surface area (Å²) in [5, 5.41) is 2.66. The Morgan fingerprint density at radius 1 is 0.943 bits per heavy atom. The van der Waals surface area contributed by atoms with E-state index in [9.17, 15) is 18.0 Å². The lowest BCUT2D eigenvalue weighted by atomic mass is 10.2. The van der Waals surface area contributed by atoms with Gasteiger partial charge in [-0.3, -0.25) is 9.10 Å². The molecular weight excluding hydrogens is 472 g/mol. The standard InChI is InChI=1S/C25H24N2O7S/c1-2-32-25(29)18-7-6-8-19(15-18)26-24(28)17-27(35(30,31)21-9-4-3-5-10-21)20-11-12-22-23(16-20)34-14-13-33-22/h3-12,15-16H,2,13-14,17H2,1H3,(H,26,28). The summed E-state index contributed by atoms with van der Waals surface area (Å²) in [5.41, 5.74) is 0.846. The molecule has 9 nitrogen and oxygen atoms in total. The van der Waals surface area contributed by atoms with Gasteiger partial charge in [0.15, 0.2) is 11.5 Å². The first-order valence-corrected chi connectivity index (χ1v) is 12.4. The van der Waals surface area contributed by atoms with Crippen molar-refractivity contribution in [3.05, 3.63) is 78.4 Å². The number of amides is 1. The van der Waals surface area contributed by atoms with Gasteiger partial charge in [-0.2, -0.15) is 0 Å². The number of esters is 1. The minimum atomic E-state index is -4.09. The Bertz CT molecular complexity index is 1330. The molecule has 1 aliphatic rings. The van der Waals surface area contributed by atoms with Crippen molar-refractivity contribution in [1.29, 1.82) is 0 Å². The number of rotatable bonds is 8. The Hall–Kier alpha value is -4.05. The number of carbonyl (C=O) groups is 2. The summed E-state index contributed by atoms with van der Waals surface area (Å²) in [7, 11) is -4.09. The molecule has 0 saturated carbocycles. The van der Waals surface area contributed by atoms with Crippen molar-refractivity contribution < 1.29 is 32.2 Å². The maximum Gasteiger partial charge on any atom is 0.338 e. The lowest BCUT2D eigenvalue weighted by Crippen LogP contribution is -2.38. The Morgan fingerprint density at radius 2 is 1.69 bits per heavy atom. The van der Waals surface area contributed by atoms with Gasteiger partial charge < -0.3 is 19.5 Å².